The van der Waals surface area contributed by atoms with Crippen LogP contribution in [0, 0.1) is 19.1 Å². The molecule has 0 N–H and O–H groups in total. The predicted octanol–water partition coefficient (Wildman–Crippen LogP) is 11.7. The first-order valence-corrected chi connectivity index (χ1v) is 20.4. The van der Waals surface area contributed by atoms with Gasteiger partial charge in [-0.2, -0.15) is 11.3 Å². The number of fused-ring (bicyclic) bond motifs is 7. The molecule has 2 nitrogen and oxygen atoms in total. The molecule has 0 atom stereocenters. The van der Waals surface area contributed by atoms with Gasteiger partial charge in [0.1, 0.15) is 0 Å². The second kappa shape index (κ2) is 13.9. The van der Waals surface area contributed by atoms with Crippen molar-refractivity contribution in [1.29, 1.82) is 0 Å². The number of thiophene rings is 1. The molecule has 0 spiro atoms. The summed E-state index contributed by atoms with van der Waals surface area (Å²) in [6.45, 7) is 13.1. The summed E-state index contributed by atoms with van der Waals surface area (Å²) in [4.78, 5) is 9.23. The van der Waals surface area contributed by atoms with Gasteiger partial charge in [-0.3, -0.25) is 0 Å². The zero-order valence-electron chi connectivity index (χ0n) is 29.1. The number of rotatable bonds is 4. The van der Waals surface area contributed by atoms with Gasteiger partial charge in [0.2, 0.25) is 0 Å². The van der Waals surface area contributed by atoms with E-state index in [2.05, 4.69) is 122 Å². The molecule has 0 unspecified atom stereocenters. The molecule has 3 heterocycles. The van der Waals surface area contributed by atoms with Gasteiger partial charge in [-0.1, -0.05) is 111 Å². The zero-order chi connectivity index (χ0) is 33.6. The number of hydrogen-bond acceptors (Lipinski definition) is 3. The van der Waals surface area contributed by atoms with E-state index < -0.39 is 14.0 Å². The van der Waals surface area contributed by atoms with Crippen LogP contribution in [0.4, 0.5) is 0 Å². The molecule has 5 aromatic carbocycles. The van der Waals surface area contributed by atoms with Gasteiger partial charge >= 0.3 is 0 Å². The minimum Gasteiger partial charge on any atom is -0.305 e. The van der Waals surface area contributed by atoms with Gasteiger partial charge in [-0.25, -0.2) is 0 Å². The van der Waals surface area contributed by atoms with E-state index in [4.69, 9.17) is 1.37 Å². The molecule has 48 heavy (non-hydrogen) atoms. The monoisotopic (exact) mass is 836 g/mol. The average Bonchev–Trinajstić information content (AvgIpc) is 3.47. The van der Waals surface area contributed by atoms with Crippen LogP contribution in [0.2, 0.25) is 19.6 Å². The van der Waals surface area contributed by atoms with E-state index in [-0.39, 0.29) is 20.1 Å². The molecule has 0 fully saturated rings. The van der Waals surface area contributed by atoms with Gasteiger partial charge in [0.25, 0.3) is 0 Å². The van der Waals surface area contributed by atoms with Gasteiger partial charge in [0.15, 0.2) is 0 Å². The minimum atomic E-state index is -1.27. The van der Waals surface area contributed by atoms with Crippen molar-refractivity contribution < 1.29 is 21.5 Å². The summed E-state index contributed by atoms with van der Waals surface area (Å²) in [5.41, 5.74) is 6.29. The van der Waals surface area contributed by atoms with Crippen LogP contribution in [-0.2, 0) is 20.1 Å². The SMILES string of the molecule is Cc1cc(-c2[c-]cccc2)ncc1[Si](C)(C)C.[2H]C(C)(C)c1ccnc(-c2[c-]ccc3c2sc2c3ccc3ccc4ccccc4c32)c1.[Ir]. The Morgan fingerprint density at radius 1 is 0.729 bits per heavy atom. The molecule has 8 rings (SSSR count). The van der Waals surface area contributed by atoms with Crippen molar-refractivity contribution in [2.75, 3.05) is 0 Å². The van der Waals surface area contributed by atoms with Crippen molar-refractivity contribution in [2.24, 2.45) is 0 Å². The van der Waals surface area contributed by atoms with Crippen LogP contribution in [-0.4, -0.2) is 18.0 Å². The molecule has 0 aliphatic heterocycles. The molecular weight excluding hydrogens is 797 g/mol. The average molecular weight is 836 g/mol. The molecule has 1 radical (unpaired) electrons. The molecule has 3 aromatic heterocycles. The third-order valence-electron chi connectivity index (χ3n) is 8.80. The van der Waals surface area contributed by atoms with E-state index in [0.29, 0.717) is 0 Å². The Kier molecular flexibility index (Phi) is 9.40. The largest absolute Gasteiger partial charge is 0.305 e. The van der Waals surface area contributed by atoms with Crippen LogP contribution < -0.4 is 5.19 Å². The molecule has 0 amide bonds. The molecular formula is C43H38IrN2SSi-2. The summed E-state index contributed by atoms with van der Waals surface area (Å²) < 4.78 is 10.9. The van der Waals surface area contributed by atoms with Crippen molar-refractivity contribution >= 4 is 66.3 Å². The first kappa shape index (κ1) is 32.5. The van der Waals surface area contributed by atoms with Crippen LogP contribution in [0.25, 0.3) is 64.2 Å². The first-order chi connectivity index (χ1) is 23.0. The molecule has 241 valence electrons. The summed E-state index contributed by atoms with van der Waals surface area (Å²) in [6.07, 6.45) is 3.86. The van der Waals surface area contributed by atoms with Crippen molar-refractivity contribution in [3.05, 3.63) is 139 Å². The third kappa shape index (κ3) is 6.53. The van der Waals surface area contributed by atoms with Gasteiger partial charge in [0.05, 0.1) is 8.07 Å². The number of aryl methyl sites for hydroxylation is 1. The Bertz CT molecular complexity index is 2440. The first-order valence-electron chi connectivity index (χ1n) is 16.6. The quantitative estimate of drug-likeness (QED) is 0.100. The molecule has 0 saturated carbocycles. The fraction of sp³-hybridized carbons (Fsp3) is 0.163. The Labute approximate surface area is 303 Å². The van der Waals surface area contributed by atoms with Crippen LogP contribution in [0.15, 0.2) is 116 Å². The Morgan fingerprint density at radius 2 is 1.48 bits per heavy atom. The molecule has 0 bridgehead atoms. The summed E-state index contributed by atoms with van der Waals surface area (Å²) >= 11 is 1.82. The summed E-state index contributed by atoms with van der Waals surface area (Å²) in [7, 11) is -1.27. The van der Waals surface area contributed by atoms with E-state index in [1.807, 2.05) is 67.8 Å². The summed E-state index contributed by atoms with van der Waals surface area (Å²) in [5.74, 6) is -0.666. The topological polar surface area (TPSA) is 25.8 Å². The molecule has 5 heteroatoms. The van der Waals surface area contributed by atoms with Crippen molar-refractivity contribution in [2.45, 2.75) is 46.3 Å². The number of benzene rings is 5. The number of nitrogens with zero attached hydrogens (tertiary/aromatic N) is 2. The molecule has 0 aliphatic carbocycles. The van der Waals surface area contributed by atoms with Crippen molar-refractivity contribution in [3.8, 4) is 22.5 Å². The predicted molar refractivity (Wildman–Crippen MR) is 207 cm³/mol. The Hall–Kier alpha value is -3.99. The van der Waals surface area contributed by atoms with E-state index in [0.717, 1.165) is 28.1 Å². The van der Waals surface area contributed by atoms with E-state index >= 15 is 0 Å². The second-order valence-electron chi connectivity index (χ2n) is 13.4. The maximum absolute atomic E-state index is 8.41. The second-order valence-corrected chi connectivity index (χ2v) is 19.4. The van der Waals surface area contributed by atoms with Gasteiger partial charge in [-0.05, 0) is 61.7 Å². The van der Waals surface area contributed by atoms with E-state index in [9.17, 15) is 0 Å². The van der Waals surface area contributed by atoms with Crippen LogP contribution in [0.3, 0.4) is 0 Å². The van der Waals surface area contributed by atoms with Gasteiger partial charge in [-0.15, -0.1) is 59.7 Å². The Balaban J connectivity index is 0.000000198. The Morgan fingerprint density at radius 3 is 2.23 bits per heavy atom. The molecule has 0 aliphatic rings. The van der Waals surface area contributed by atoms with E-state index in [1.54, 1.807) is 0 Å². The maximum atomic E-state index is 8.41. The minimum absolute atomic E-state index is 0. The van der Waals surface area contributed by atoms with Crippen molar-refractivity contribution in [3.63, 3.8) is 0 Å². The standard InChI is InChI=1S/C28H20NS.C15H18NSi.Ir/c1-17(2)20-14-15-29-25(16-20)24-9-5-8-22-23-13-12-19-11-10-18-6-3-4-7-21(18)26(19)28(23)30-27(22)24;1-12-10-14(13-8-6-5-7-9-13)16-11-15(12)17(2,3)4;/h3-8,10-17H,1-2H3;5-8,10-11H,1-4H3;/q2*-1;/i17D;;. The maximum Gasteiger partial charge on any atom is 0.0798 e. The van der Waals surface area contributed by atoms with Crippen molar-refractivity contribution in [1.82, 2.24) is 9.97 Å². The summed E-state index contributed by atoms with van der Waals surface area (Å²) in [5, 5.41) is 9.09. The van der Waals surface area contributed by atoms with Crippen LogP contribution >= 0.6 is 11.3 Å². The normalized spacial score (nSPS) is 12.1. The number of aromatic nitrogens is 2. The van der Waals surface area contributed by atoms with E-state index in [1.165, 1.54) is 52.5 Å². The number of hydrogen-bond donors (Lipinski definition) is 0. The summed E-state index contributed by atoms with van der Waals surface area (Å²) in [6, 6.07) is 42.4. The fourth-order valence-electron chi connectivity index (χ4n) is 6.40. The third-order valence-corrected chi connectivity index (χ3v) is 12.2. The van der Waals surface area contributed by atoms with Gasteiger partial charge < -0.3 is 9.97 Å². The zero-order valence-corrected chi connectivity index (χ0v) is 32.3. The molecule has 0 saturated heterocycles. The number of pyridine rings is 2. The molecule has 8 aromatic rings. The van der Waals surface area contributed by atoms with Crippen LogP contribution in [0.5, 0.6) is 0 Å². The van der Waals surface area contributed by atoms with Crippen LogP contribution in [0.1, 0.15) is 32.2 Å². The smallest absolute Gasteiger partial charge is 0.0798 e. The van der Waals surface area contributed by atoms with Gasteiger partial charge in [0, 0.05) is 44.0 Å². The fourth-order valence-corrected chi connectivity index (χ4v) is 9.48.